The van der Waals surface area contributed by atoms with Crippen molar-refractivity contribution in [2.24, 2.45) is 0 Å². The highest BCUT2D eigenvalue weighted by atomic mass is 32.2. The SMILES string of the molecule is CCOc1ccc(CCCNC(=O)c2ccc(C)c(S(=O)(=O)N3CCCCC3)c2)cc1. The molecule has 1 amide bonds. The van der Waals surface area contributed by atoms with E-state index in [2.05, 4.69) is 5.32 Å². The number of hydrogen-bond acceptors (Lipinski definition) is 4. The number of amides is 1. The topological polar surface area (TPSA) is 75.7 Å². The second kappa shape index (κ2) is 10.8. The van der Waals surface area contributed by atoms with Gasteiger partial charge >= 0.3 is 0 Å². The van der Waals surface area contributed by atoms with Crippen LogP contribution < -0.4 is 10.1 Å². The van der Waals surface area contributed by atoms with Crippen LogP contribution in [0.5, 0.6) is 5.75 Å². The predicted octanol–water partition coefficient (Wildman–Crippen LogP) is 3.93. The summed E-state index contributed by atoms with van der Waals surface area (Å²) < 4.78 is 33.1. The smallest absolute Gasteiger partial charge is 0.251 e. The number of piperidine rings is 1. The van der Waals surface area contributed by atoms with Gasteiger partial charge in [0.1, 0.15) is 5.75 Å². The van der Waals surface area contributed by atoms with Gasteiger partial charge in [0, 0.05) is 25.2 Å². The number of nitrogens with one attached hydrogen (secondary N) is 1. The maximum Gasteiger partial charge on any atom is 0.251 e. The standard InChI is InChI=1S/C24H32N2O4S/c1-3-30-22-13-10-20(11-14-22)8-7-15-25-24(27)21-12-9-19(2)23(18-21)31(28,29)26-16-5-4-6-17-26/h9-14,18H,3-8,15-17H2,1-2H3,(H,25,27). The van der Waals surface area contributed by atoms with Crippen molar-refractivity contribution in [2.45, 2.75) is 50.8 Å². The summed E-state index contributed by atoms with van der Waals surface area (Å²) in [4.78, 5) is 12.8. The average Bonchev–Trinajstić information content (AvgIpc) is 2.78. The number of ether oxygens (including phenoxy) is 1. The van der Waals surface area contributed by atoms with Crippen LogP contribution in [0, 0.1) is 6.92 Å². The van der Waals surface area contributed by atoms with E-state index >= 15 is 0 Å². The van der Waals surface area contributed by atoms with Gasteiger partial charge in [-0.15, -0.1) is 0 Å². The highest BCUT2D eigenvalue weighted by Crippen LogP contribution is 2.24. The Bertz CT molecular complexity index is 981. The van der Waals surface area contributed by atoms with E-state index in [4.69, 9.17) is 4.74 Å². The van der Waals surface area contributed by atoms with Crippen molar-refractivity contribution in [3.05, 3.63) is 59.2 Å². The van der Waals surface area contributed by atoms with E-state index in [0.717, 1.165) is 37.9 Å². The number of benzene rings is 2. The van der Waals surface area contributed by atoms with Gasteiger partial charge in [-0.05, 0) is 74.9 Å². The van der Waals surface area contributed by atoms with E-state index in [0.29, 0.717) is 37.4 Å². The third-order valence-electron chi connectivity index (χ3n) is 5.55. The minimum atomic E-state index is -3.57. The van der Waals surface area contributed by atoms with E-state index < -0.39 is 10.0 Å². The first-order chi connectivity index (χ1) is 14.9. The number of sulfonamides is 1. The van der Waals surface area contributed by atoms with E-state index in [1.54, 1.807) is 19.1 Å². The summed E-state index contributed by atoms with van der Waals surface area (Å²) >= 11 is 0. The van der Waals surface area contributed by atoms with Crippen molar-refractivity contribution < 1.29 is 17.9 Å². The van der Waals surface area contributed by atoms with E-state index in [-0.39, 0.29) is 10.8 Å². The monoisotopic (exact) mass is 444 g/mol. The van der Waals surface area contributed by atoms with Gasteiger partial charge in [-0.3, -0.25) is 4.79 Å². The molecule has 0 spiro atoms. The van der Waals surface area contributed by atoms with E-state index in [9.17, 15) is 13.2 Å². The molecule has 0 saturated carbocycles. The molecule has 2 aromatic carbocycles. The molecule has 0 unspecified atom stereocenters. The van der Waals surface area contributed by atoms with E-state index in [1.807, 2.05) is 31.2 Å². The summed E-state index contributed by atoms with van der Waals surface area (Å²) in [6.45, 7) is 5.99. The molecule has 6 nitrogen and oxygen atoms in total. The highest BCUT2D eigenvalue weighted by Gasteiger charge is 2.28. The molecular formula is C24H32N2O4S. The molecule has 1 fully saturated rings. The van der Waals surface area contributed by atoms with Crippen molar-refractivity contribution >= 4 is 15.9 Å². The number of hydrogen-bond donors (Lipinski definition) is 1. The van der Waals surface area contributed by atoms with Crippen molar-refractivity contribution in [1.29, 1.82) is 0 Å². The highest BCUT2D eigenvalue weighted by molar-refractivity contribution is 7.89. The maximum absolute atomic E-state index is 13.1. The first kappa shape index (κ1) is 23.3. The van der Waals surface area contributed by atoms with Crippen LogP contribution in [0.4, 0.5) is 0 Å². The zero-order valence-electron chi connectivity index (χ0n) is 18.4. The molecular weight excluding hydrogens is 412 g/mol. The van der Waals surface area contributed by atoms with Crippen LogP contribution in [0.15, 0.2) is 47.4 Å². The lowest BCUT2D eigenvalue weighted by Gasteiger charge is -2.26. The van der Waals surface area contributed by atoms with Gasteiger partial charge in [-0.25, -0.2) is 8.42 Å². The Labute approximate surface area is 185 Å². The predicted molar refractivity (Wildman–Crippen MR) is 122 cm³/mol. The number of carbonyl (C=O) groups excluding carboxylic acids is 1. The first-order valence-corrected chi connectivity index (χ1v) is 12.5. The summed E-state index contributed by atoms with van der Waals surface area (Å²) in [5.74, 6) is 0.607. The average molecular weight is 445 g/mol. The molecule has 1 saturated heterocycles. The molecule has 1 N–H and O–H groups in total. The lowest BCUT2D eigenvalue weighted by molar-refractivity contribution is 0.0953. The molecule has 31 heavy (non-hydrogen) atoms. The van der Waals surface area contributed by atoms with Gasteiger partial charge in [0.25, 0.3) is 5.91 Å². The summed E-state index contributed by atoms with van der Waals surface area (Å²) in [5, 5.41) is 2.91. The Balaban J connectivity index is 1.57. The summed E-state index contributed by atoms with van der Waals surface area (Å²) in [5.41, 5.74) is 2.22. The van der Waals surface area contributed by atoms with Crippen LogP contribution in [0.3, 0.4) is 0 Å². The second-order valence-electron chi connectivity index (χ2n) is 7.88. The minimum Gasteiger partial charge on any atom is -0.494 e. The van der Waals surface area contributed by atoms with Gasteiger partial charge in [-0.1, -0.05) is 24.6 Å². The molecule has 7 heteroatoms. The van der Waals surface area contributed by atoms with Crippen LogP contribution in [0.25, 0.3) is 0 Å². The zero-order valence-corrected chi connectivity index (χ0v) is 19.2. The molecule has 1 heterocycles. The van der Waals surface area contributed by atoms with Gasteiger partial charge in [0.05, 0.1) is 11.5 Å². The van der Waals surface area contributed by atoms with Gasteiger partial charge < -0.3 is 10.1 Å². The number of carbonyl (C=O) groups is 1. The maximum atomic E-state index is 13.1. The van der Waals surface area contributed by atoms with Crippen molar-refractivity contribution in [1.82, 2.24) is 9.62 Å². The first-order valence-electron chi connectivity index (χ1n) is 11.0. The van der Waals surface area contributed by atoms with Crippen LogP contribution in [-0.4, -0.2) is 44.9 Å². The fourth-order valence-electron chi connectivity index (χ4n) is 3.78. The summed E-state index contributed by atoms with van der Waals surface area (Å²) in [6.07, 6.45) is 4.46. The second-order valence-corrected chi connectivity index (χ2v) is 9.79. The fourth-order valence-corrected chi connectivity index (χ4v) is 5.55. The Morgan fingerprint density at radius 3 is 2.45 bits per heavy atom. The van der Waals surface area contributed by atoms with Crippen LogP contribution in [0.1, 0.15) is 54.1 Å². The largest absolute Gasteiger partial charge is 0.494 e. The Kier molecular flexibility index (Phi) is 8.09. The lowest BCUT2D eigenvalue weighted by Crippen LogP contribution is -2.36. The molecule has 2 aromatic rings. The quantitative estimate of drug-likeness (QED) is 0.595. The third-order valence-corrected chi connectivity index (χ3v) is 7.59. The van der Waals surface area contributed by atoms with Crippen LogP contribution >= 0.6 is 0 Å². The summed E-state index contributed by atoms with van der Waals surface area (Å²) in [7, 11) is -3.57. The Morgan fingerprint density at radius 2 is 1.77 bits per heavy atom. The van der Waals surface area contributed by atoms with Crippen molar-refractivity contribution in [3.63, 3.8) is 0 Å². The number of nitrogens with zero attached hydrogens (tertiary/aromatic N) is 1. The van der Waals surface area contributed by atoms with Crippen LogP contribution in [0.2, 0.25) is 0 Å². The molecule has 0 radical (unpaired) electrons. The van der Waals surface area contributed by atoms with Gasteiger partial charge in [0.2, 0.25) is 10.0 Å². The van der Waals surface area contributed by atoms with Gasteiger partial charge in [-0.2, -0.15) is 4.31 Å². The van der Waals surface area contributed by atoms with Crippen LogP contribution in [-0.2, 0) is 16.4 Å². The third kappa shape index (κ3) is 6.08. The molecule has 0 aliphatic carbocycles. The molecule has 1 aliphatic heterocycles. The Hall–Kier alpha value is -2.38. The minimum absolute atomic E-state index is 0.233. The normalized spacial score (nSPS) is 14.9. The van der Waals surface area contributed by atoms with Gasteiger partial charge in [0.15, 0.2) is 0 Å². The molecule has 0 atom stereocenters. The number of aryl methyl sites for hydroxylation is 2. The zero-order chi connectivity index (χ0) is 22.3. The molecule has 0 aromatic heterocycles. The Morgan fingerprint density at radius 1 is 1.06 bits per heavy atom. The molecule has 168 valence electrons. The summed E-state index contributed by atoms with van der Waals surface area (Å²) in [6, 6.07) is 12.9. The van der Waals surface area contributed by atoms with Crippen molar-refractivity contribution in [2.75, 3.05) is 26.2 Å². The lowest BCUT2D eigenvalue weighted by atomic mass is 10.1. The van der Waals surface area contributed by atoms with E-state index in [1.165, 1.54) is 15.9 Å². The fraction of sp³-hybridized carbons (Fsp3) is 0.458. The molecule has 3 rings (SSSR count). The number of rotatable bonds is 9. The molecule has 1 aliphatic rings. The molecule has 0 bridgehead atoms. The van der Waals surface area contributed by atoms with Crippen molar-refractivity contribution in [3.8, 4) is 5.75 Å².